The number of alkyl carbamates (subject to hydrolysis) is 1. The average Bonchev–Trinajstić information content (AvgIpc) is 3.06. The van der Waals surface area contributed by atoms with Crippen LogP contribution in [-0.2, 0) is 4.74 Å². The second-order valence-electron chi connectivity index (χ2n) is 9.37. The summed E-state index contributed by atoms with van der Waals surface area (Å²) in [6.07, 6.45) is 10.1. The van der Waals surface area contributed by atoms with E-state index in [9.17, 15) is 9.59 Å². The second kappa shape index (κ2) is 10.2. The maximum absolute atomic E-state index is 12.7. The van der Waals surface area contributed by atoms with Crippen molar-refractivity contribution in [2.45, 2.75) is 49.6 Å². The zero-order valence-electron chi connectivity index (χ0n) is 18.9. The van der Waals surface area contributed by atoms with Gasteiger partial charge >= 0.3 is 6.09 Å². The van der Waals surface area contributed by atoms with E-state index in [2.05, 4.69) is 75.1 Å². The molecule has 32 heavy (non-hydrogen) atoms. The molecule has 1 aromatic heterocycles. The predicted octanol–water partition coefficient (Wildman–Crippen LogP) is 6.04. The maximum Gasteiger partial charge on any atom is 0.407 e. The van der Waals surface area contributed by atoms with E-state index in [0.29, 0.717) is 36.0 Å². The van der Waals surface area contributed by atoms with Gasteiger partial charge in [0.25, 0.3) is 5.91 Å². The minimum atomic E-state index is -0.528. The molecule has 2 aliphatic rings. The summed E-state index contributed by atoms with van der Waals surface area (Å²) in [5.41, 5.74) is 1.75. The molecule has 1 N–H and O–H groups in total. The molecule has 0 bridgehead atoms. The Morgan fingerprint density at radius 3 is 2.59 bits per heavy atom. The van der Waals surface area contributed by atoms with E-state index < -0.39 is 11.7 Å². The number of allylic oxidation sites excluding steroid dienone is 4. The van der Waals surface area contributed by atoms with Crippen molar-refractivity contribution in [3.63, 3.8) is 0 Å². The molecule has 1 saturated heterocycles. The molecule has 1 atom stereocenters. The molecule has 3 rings (SSSR count). The van der Waals surface area contributed by atoms with Crippen LogP contribution in [-0.4, -0.2) is 45.6 Å². The van der Waals surface area contributed by atoms with Crippen LogP contribution in [0.4, 0.5) is 4.79 Å². The summed E-state index contributed by atoms with van der Waals surface area (Å²) in [4.78, 5) is 26.6. The topological polar surface area (TPSA) is 71.8 Å². The van der Waals surface area contributed by atoms with E-state index in [1.807, 2.05) is 25.7 Å². The van der Waals surface area contributed by atoms with Gasteiger partial charge in [0.05, 0.1) is 3.42 Å². The highest BCUT2D eigenvalue weighted by molar-refractivity contribution is 14.1. The third-order valence-electron chi connectivity index (χ3n) is 5.29. The van der Waals surface area contributed by atoms with Gasteiger partial charge in [0.15, 0.2) is 10.4 Å². The van der Waals surface area contributed by atoms with Gasteiger partial charge in [-0.25, -0.2) is 4.79 Å². The van der Waals surface area contributed by atoms with Gasteiger partial charge in [-0.3, -0.25) is 4.79 Å². The Morgan fingerprint density at radius 1 is 1.31 bits per heavy atom. The number of piperidine rings is 1. The molecule has 1 fully saturated rings. The zero-order chi connectivity index (χ0) is 23.5. The lowest BCUT2D eigenvalue weighted by atomic mass is 9.88. The van der Waals surface area contributed by atoms with E-state index in [-0.39, 0.29) is 9.33 Å². The van der Waals surface area contributed by atoms with Crippen molar-refractivity contribution in [3.05, 3.63) is 58.0 Å². The van der Waals surface area contributed by atoms with Crippen LogP contribution in [0.25, 0.3) is 0 Å². The lowest BCUT2D eigenvalue weighted by Crippen LogP contribution is -2.38. The molecule has 0 radical (unpaired) electrons. The van der Waals surface area contributed by atoms with Crippen molar-refractivity contribution >= 4 is 50.5 Å². The molecule has 8 heteroatoms. The van der Waals surface area contributed by atoms with Crippen molar-refractivity contribution in [2.75, 3.05) is 19.6 Å². The predicted molar refractivity (Wildman–Crippen MR) is 137 cm³/mol. The summed E-state index contributed by atoms with van der Waals surface area (Å²) < 4.78 is 11.2. The van der Waals surface area contributed by atoms with Crippen LogP contribution in [0.3, 0.4) is 0 Å². The second-order valence-corrected chi connectivity index (χ2v) is 12.5. The molecule has 1 aliphatic carbocycles. The van der Waals surface area contributed by atoms with Crippen molar-refractivity contribution in [3.8, 4) is 0 Å². The number of alkyl halides is 1. The van der Waals surface area contributed by atoms with Crippen molar-refractivity contribution in [1.29, 1.82) is 0 Å². The molecule has 2 amide bonds. The lowest BCUT2D eigenvalue weighted by molar-refractivity contribution is 0.0532. The van der Waals surface area contributed by atoms with E-state index >= 15 is 0 Å². The van der Waals surface area contributed by atoms with Crippen LogP contribution in [0.2, 0.25) is 0 Å². The Labute approximate surface area is 211 Å². The average molecular weight is 617 g/mol. The summed E-state index contributed by atoms with van der Waals surface area (Å²) in [7, 11) is 0. The van der Waals surface area contributed by atoms with Crippen molar-refractivity contribution in [2.24, 2.45) is 5.92 Å². The van der Waals surface area contributed by atoms with Gasteiger partial charge in [0.1, 0.15) is 5.60 Å². The van der Waals surface area contributed by atoms with Crippen LogP contribution in [0.1, 0.15) is 51.1 Å². The molecule has 2 heterocycles. The van der Waals surface area contributed by atoms with Crippen LogP contribution >= 0.6 is 38.5 Å². The van der Waals surface area contributed by atoms with E-state index in [0.717, 1.165) is 18.4 Å². The van der Waals surface area contributed by atoms with Crippen molar-refractivity contribution in [1.82, 2.24) is 10.2 Å². The van der Waals surface area contributed by atoms with Gasteiger partial charge in [-0.15, -0.1) is 0 Å². The number of amides is 2. The third-order valence-corrected chi connectivity index (χ3v) is 6.39. The van der Waals surface area contributed by atoms with Gasteiger partial charge in [0.2, 0.25) is 0 Å². The van der Waals surface area contributed by atoms with Gasteiger partial charge in [-0.2, -0.15) is 0 Å². The van der Waals surface area contributed by atoms with Crippen LogP contribution in [0.5, 0.6) is 0 Å². The van der Waals surface area contributed by atoms with Gasteiger partial charge < -0.3 is 19.4 Å². The zero-order valence-corrected chi connectivity index (χ0v) is 22.7. The Morgan fingerprint density at radius 2 is 2.00 bits per heavy atom. The Bertz CT molecular complexity index is 947. The Balaban J connectivity index is 1.64. The first-order valence-corrected chi connectivity index (χ1v) is 12.6. The Hall–Kier alpha value is -1.55. The van der Waals surface area contributed by atoms with E-state index in [4.69, 9.17) is 9.15 Å². The highest BCUT2D eigenvalue weighted by atomic mass is 127. The van der Waals surface area contributed by atoms with Crippen LogP contribution in [0.15, 0.2) is 56.7 Å². The van der Waals surface area contributed by atoms with Gasteiger partial charge in [0, 0.05) is 19.6 Å². The summed E-state index contributed by atoms with van der Waals surface area (Å²) in [6, 6.07) is 3.44. The van der Waals surface area contributed by atoms with Crippen LogP contribution in [0, 0.1) is 5.92 Å². The number of hydrogen-bond donors (Lipinski definition) is 1. The fourth-order valence-corrected chi connectivity index (χ4v) is 4.71. The number of carbonyl (C=O) groups excluding carboxylic acids is 2. The van der Waals surface area contributed by atoms with Crippen LogP contribution < -0.4 is 5.32 Å². The van der Waals surface area contributed by atoms with E-state index in [1.165, 1.54) is 5.57 Å². The minimum Gasteiger partial charge on any atom is -0.444 e. The van der Waals surface area contributed by atoms with Gasteiger partial charge in [-0.1, -0.05) is 46.9 Å². The molecule has 1 unspecified atom stereocenters. The number of furan rings is 1. The quantitative estimate of drug-likeness (QED) is 0.331. The SMILES string of the molecule is CC1(I)C=CC(C2CCN(C(=O)c3ccc(Br)o3)CC2)=CC(CNC(=O)OC(C)(C)C)=C1. The normalized spacial score (nSPS) is 22.1. The first-order valence-electron chi connectivity index (χ1n) is 10.7. The molecule has 1 aliphatic heterocycles. The molecule has 0 spiro atoms. The maximum atomic E-state index is 12.7. The number of hydrogen-bond acceptors (Lipinski definition) is 4. The number of carbonyl (C=O) groups is 2. The molecule has 6 nitrogen and oxygen atoms in total. The molecule has 174 valence electrons. The third kappa shape index (κ3) is 7.23. The number of rotatable bonds is 4. The number of likely N-dealkylation sites (tertiary alicyclic amines) is 1. The summed E-state index contributed by atoms with van der Waals surface area (Å²) in [6.45, 7) is 9.46. The molecule has 1 aromatic rings. The molecular weight excluding hydrogens is 587 g/mol. The number of nitrogens with zero attached hydrogens (tertiary/aromatic N) is 1. The highest BCUT2D eigenvalue weighted by Crippen LogP contribution is 2.33. The fraction of sp³-hybridized carbons (Fsp3) is 0.500. The largest absolute Gasteiger partial charge is 0.444 e. The Kier molecular flexibility index (Phi) is 7.96. The standard InChI is InChI=1S/C24H30BrIN2O4/c1-23(2,3)32-22(30)27-15-16-13-18(7-10-24(4,26)14-16)17-8-11-28(12-9-17)21(29)19-5-6-20(25)31-19/h5-7,10,13-14,17H,8-9,11-12,15H2,1-4H3,(H,27,30). The lowest BCUT2D eigenvalue weighted by Gasteiger charge is -2.32. The fourth-order valence-electron chi connectivity index (χ4n) is 3.82. The summed E-state index contributed by atoms with van der Waals surface area (Å²) >= 11 is 5.66. The minimum absolute atomic E-state index is 0.0680. The van der Waals surface area contributed by atoms with E-state index in [1.54, 1.807) is 12.1 Å². The molecule has 0 aromatic carbocycles. The van der Waals surface area contributed by atoms with Crippen molar-refractivity contribution < 1.29 is 18.7 Å². The van der Waals surface area contributed by atoms with Gasteiger partial charge in [-0.05, 0) is 85.7 Å². The monoisotopic (exact) mass is 616 g/mol. The first-order chi connectivity index (χ1) is 14.9. The number of halogens is 2. The highest BCUT2D eigenvalue weighted by Gasteiger charge is 2.28. The molecule has 0 saturated carbocycles. The number of ether oxygens (including phenoxy) is 1. The number of nitrogens with one attached hydrogen (secondary N) is 1. The smallest absolute Gasteiger partial charge is 0.407 e. The molecular formula is C24H30BrIN2O4. The first kappa shape index (κ1) is 25.1. The summed E-state index contributed by atoms with van der Waals surface area (Å²) in [5.74, 6) is 0.651. The summed E-state index contributed by atoms with van der Waals surface area (Å²) in [5, 5.41) is 2.87.